The number of amides is 2. The molecule has 1 N–H and O–H groups in total. The first kappa shape index (κ1) is 31.9. The minimum absolute atomic E-state index is 0.0124. The van der Waals surface area contributed by atoms with E-state index >= 15 is 0 Å². The minimum Gasteiger partial charge on any atom is -0.352 e. The number of nitrogens with one attached hydrogen (secondary N) is 1. The molecule has 7 nitrogen and oxygen atoms in total. The van der Waals surface area contributed by atoms with Crippen LogP contribution in [0.2, 0.25) is 10.0 Å². The van der Waals surface area contributed by atoms with E-state index in [9.17, 15) is 18.0 Å². The Bertz CT molecular complexity index is 1490. The van der Waals surface area contributed by atoms with E-state index in [1.165, 1.54) is 17.0 Å². The third kappa shape index (κ3) is 7.85. The van der Waals surface area contributed by atoms with Crippen LogP contribution in [-0.2, 0) is 26.2 Å². The molecule has 1 atom stereocenters. The first-order valence-electron chi connectivity index (χ1n) is 14.3. The number of halogens is 2. The van der Waals surface area contributed by atoms with Crippen molar-refractivity contribution in [1.29, 1.82) is 0 Å². The number of hydrogen-bond acceptors (Lipinski definition) is 4. The van der Waals surface area contributed by atoms with E-state index in [0.29, 0.717) is 27.7 Å². The van der Waals surface area contributed by atoms with Crippen LogP contribution in [0.15, 0.2) is 77.7 Å². The summed E-state index contributed by atoms with van der Waals surface area (Å²) in [6.07, 6.45) is 5.38. The molecule has 1 saturated carbocycles. The van der Waals surface area contributed by atoms with Gasteiger partial charge in [0.25, 0.3) is 10.0 Å². The quantitative estimate of drug-likeness (QED) is 0.254. The van der Waals surface area contributed by atoms with Crippen LogP contribution in [0.25, 0.3) is 0 Å². The molecule has 1 fully saturated rings. The first-order valence-corrected chi connectivity index (χ1v) is 16.5. The number of carbonyl (C=O) groups excluding carboxylic acids is 2. The molecule has 10 heteroatoms. The highest BCUT2D eigenvalue weighted by molar-refractivity contribution is 7.92. The molecule has 224 valence electrons. The van der Waals surface area contributed by atoms with E-state index in [1.54, 1.807) is 54.6 Å². The highest BCUT2D eigenvalue weighted by Crippen LogP contribution is 2.27. The lowest BCUT2D eigenvalue weighted by Gasteiger charge is -2.34. The van der Waals surface area contributed by atoms with Crippen molar-refractivity contribution in [1.82, 2.24) is 10.2 Å². The SMILES string of the molecule is CCC(C(=O)NC1CCCCC1)N(Cc1ccc(Cl)cc1Cl)C(=O)CN(c1cccc(C)c1)S(=O)(=O)c1ccccc1. The smallest absolute Gasteiger partial charge is 0.264 e. The lowest BCUT2D eigenvalue weighted by Crippen LogP contribution is -2.54. The maximum absolute atomic E-state index is 14.2. The Morgan fingerprint density at radius 2 is 1.67 bits per heavy atom. The molecule has 1 unspecified atom stereocenters. The van der Waals surface area contributed by atoms with E-state index in [4.69, 9.17) is 23.2 Å². The third-order valence-electron chi connectivity index (χ3n) is 7.59. The molecule has 1 aliphatic rings. The predicted octanol–water partition coefficient (Wildman–Crippen LogP) is 6.75. The second kappa shape index (κ2) is 14.4. The molecule has 0 aromatic heterocycles. The summed E-state index contributed by atoms with van der Waals surface area (Å²) in [7, 11) is -4.12. The van der Waals surface area contributed by atoms with Crippen LogP contribution in [0.4, 0.5) is 5.69 Å². The van der Waals surface area contributed by atoms with Crippen LogP contribution >= 0.6 is 23.2 Å². The Balaban J connectivity index is 1.72. The van der Waals surface area contributed by atoms with E-state index in [0.717, 1.165) is 42.0 Å². The number of hydrogen-bond donors (Lipinski definition) is 1. The van der Waals surface area contributed by atoms with Crippen LogP contribution in [-0.4, -0.2) is 43.8 Å². The molecule has 42 heavy (non-hydrogen) atoms. The zero-order chi connectivity index (χ0) is 30.3. The Kier molecular flexibility index (Phi) is 10.9. The van der Waals surface area contributed by atoms with Crippen LogP contribution in [0.5, 0.6) is 0 Å². The van der Waals surface area contributed by atoms with Gasteiger partial charge in [-0.1, -0.05) is 85.8 Å². The first-order chi connectivity index (χ1) is 20.1. The summed E-state index contributed by atoms with van der Waals surface area (Å²) in [6, 6.07) is 19.2. The second-order valence-corrected chi connectivity index (χ2v) is 13.4. The topological polar surface area (TPSA) is 86.8 Å². The van der Waals surface area contributed by atoms with E-state index in [1.807, 2.05) is 19.9 Å². The van der Waals surface area contributed by atoms with Crippen LogP contribution in [0, 0.1) is 6.92 Å². The fourth-order valence-corrected chi connectivity index (χ4v) is 7.22. The van der Waals surface area contributed by atoms with Gasteiger partial charge in [-0.3, -0.25) is 13.9 Å². The maximum Gasteiger partial charge on any atom is 0.264 e. The third-order valence-corrected chi connectivity index (χ3v) is 9.97. The van der Waals surface area contributed by atoms with Crippen LogP contribution in [0.1, 0.15) is 56.6 Å². The molecule has 4 rings (SSSR count). The van der Waals surface area contributed by atoms with Crippen molar-refractivity contribution in [2.75, 3.05) is 10.8 Å². The molecular formula is C32H37Cl2N3O4S. The van der Waals surface area contributed by atoms with Gasteiger partial charge < -0.3 is 10.2 Å². The average Bonchev–Trinajstić information content (AvgIpc) is 2.97. The minimum atomic E-state index is -4.12. The normalized spacial score (nSPS) is 14.7. The summed E-state index contributed by atoms with van der Waals surface area (Å²) in [5, 5.41) is 3.95. The molecule has 0 radical (unpaired) electrons. The Morgan fingerprint density at radius 3 is 2.31 bits per heavy atom. The average molecular weight is 631 g/mol. The van der Waals surface area contributed by atoms with Crippen molar-refractivity contribution in [2.24, 2.45) is 0 Å². The van der Waals surface area contributed by atoms with Crippen molar-refractivity contribution in [3.63, 3.8) is 0 Å². The largest absolute Gasteiger partial charge is 0.352 e. The summed E-state index contributed by atoms with van der Waals surface area (Å²) in [4.78, 5) is 29.4. The number of benzene rings is 3. The fraction of sp³-hybridized carbons (Fsp3) is 0.375. The van der Waals surface area contributed by atoms with Gasteiger partial charge in [0.1, 0.15) is 12.6 Å². The number of aryl methyl sites for hydroxylation is 1. The van der Waals surface area contributed by atoms with Crippen molar-refractivity contribution in [2.45, 2.75) is 75.9 Å². The van der Waals surface area contributed by atoms with Crippen molar-refractivity contribution in [3.8, 4) is 0 Å². The molecular weight excluding hydrogens is 593 g/mol. The molecule has 0 aliphatic heterocycles. The zero-order valence-corrected chi connectivity index (χ0v) is 26.3. The number of carbonyl (C=O) groups is 2. The summed E-state index contributed by atoms with van der Waals surface area (Å²) in [5.41, 5.74) is 1.80. The molecule has 0 saturated heterocycles. The van der Waals surface area contributed by atoms with Gasteiger partial charge in [0, 0.05) is 22.6 Å². The van der Waals surface area contributed by atoms with Gasteiger partial charge >= 0.3 is 0 Å². The van der Waals surface area contributed by atoms with Gasteiger partial charge in [0.2, 0.25) is 11.8 Å². The summed E-state index contributed by atoms with van der Waals surface area (Å²) in [6.45, 7) is 3.21. The molecule has 0 spiro atoms. The Morgan fingerprint density at radius 1 is 0.952 bits per heavy atom. The van der Waals surface area contributed by atoms with Gasteiger partial charge in [0.05, 0.1) is 10.6 Å². The van der Waals surface area contributed by atoms with Crippen molar-refractivity contribution >= 4 is 50.7 Å². The van der Waals surface area contributed by atoms with E-state index < -0.39 is 28.5 Å². The predicted molar refractivity (Wildman–Crippen MR) is 168 cm³/mol. The van der Waals surface area contributed by atoms with E-state index in [2.05, 4.69) is 5.32 Å². The molecule has 1 aliphatic carbocycles. The molecule has 2 amide bonds. The van der Waals surface area contributed by atoms with Crippen LogP contribution < -0.4 is 9.62 Å². The van der Waals surface area contributed by atoms with Gasteiger partial charge in [-0.15, -0.1) is 0 Å². The molecule has 0 bridgehead atoms. The van der Waals surface area contributed by atoms with E-state index in [-0.39, 0.29) is 23.4 Å². The maximum atomic E-state index is 14.2. The monoisotopic (exact) mass is 629 g/mol. The number of nitrogens with zero attached hydrogens (tertiary/aromatic N) is 2. The van der Waals surface area contributed by atoms with Gasteiger partial charge in [-0.2, -0.15) is 0 Å². The lowest BCUT2D eigenvalue weighted by atomic mass is 9.95. The number of rotatable bonds is 11. The highest BCUT2D eigenvalue weighted by atomic mass is 35.5. The summed E-state index contributed by atoms with van der Waals surface area (Å²) >= 11 is 12.6. The van der Waals surface area contributed by atoms with Gasteiger partial charge in [-0.05, 0) is 73.7 Å². The van der Waals surface area contributed by atoms with Gasteiger partial charge in [0.15, 0.2) is 0 Å². The number of anilines is 1. The Hall–Kier alpha value is -3.07. The second-order valence-electron chi connectivity index (χ2n) is 10.7. The standard InChI is InChI=1S/C32H37Cl2N3O4S/c1-3-30(32(39)35-26-12-6-4-7-13-26)36(21-24-17-18-25(33)20-29(24)34)31(38)22-37(27-14-10-11-23(2)19-27)42(40,41)28-15-8-5-9-16-28/h5,8-11,14-20,26,30H,3-4,6-7,12-13,21-22H2,1-2H3,(H,35,39). The van der Waals surface area contributed by atoms with Crippen molar-refractivity contribution < 1.29 is 18.0 Å². The fourth-order valence-electron chi connectivity index (χ4n) is 5.33. The molecule has 3 aromatic carbocycles. The van der Waals surface area contributed by atoms with Gasteiger partial charge in [-0.25, -0.2) is 8.42 Å². The molecule has 3 aromatic rings. The lowest BCUT2D eigenvalue weighted by molar-refractivity contribution is -0.140. The van der Waals surface area contributed by atoms with Crippen LogP contribution in [0.3, 0.4) is 0 Å². The molecule has 0 heterocycles. The Labute approximate surface area is 258 Å². The number of sulfonamides is 1. The zero-order valence-electron chi connectivity index (χ0n) is 23.9. The summed E-state index contributed by atoms with van der Waals surface area (Å²) in [5.74, 6) is -0.775. The summed E-state index contributed by atoms with van der Waals surface area (Å²) < 4.78 is 29.0. The highest BCUT2D eigenvalue weighted by Gasteiger charge is 2.34. The van der Waals surface area contributed by atoms with Crippen molar-refractivity contribution in [3.05, 3.63) is 94.0 Å².